The molecule has 0 unspecified atom stereocenters. The van der Waals surface area contributed by atoms with Crippen molar-refractivity contribution in [2.24, 2.45) is 0 Å². The molecule has 2 aromatic heterocycles. The highest BCUT2D eigenvalue weighted by Crippen LogP contribution is 2.28. The summed E-state index contributed by atoms with van der Waals surface area (Å²) in [5, 5.41) is 4.47. The van der Waals surface area contributed by atoms with E-state index in [4.69, 9.17) is 9.72 Å². The molecule has 5 rings (SSSR count). The second-order valence-electron chi connectivity index (χ2n) is 7.20. The topological polar surface area (TPSA) is 45.9 Å². The van der Waals surface area contributed by atoms with Gasteiger partial charge in [0.05, 0.1) is 6.20 Å². The number of hydrogen-bond donors (Lipinski definition) is 0. The highest BCUT2D eigenvalue weighted by molar-refractivity contribution is 5.78. The van der Waals surface area contributed by atoms with Crippen molar-refractivity contribution in [2.45, 2.75) is 18.9 Å². The van der Waals surface area contributed by atoms with Crippen LogP contribution < -0.4 is 9.64 Å². The summed E-state index contributed by atoms with van der Waals surface area (Å²) in [7, 11) is 2.13. The lowest BCUT2D eigenvalue weighted by molar-refractivity contribution is 0.198. The molecule has 2 aliphatic heterocycles. The van der Waals surface area contributed by atoms with Crippen molar-refractivity contribution in [3.8, 4) is 16.9 Å². The van der Waals surface area contributed by atoms with Crippen LogP contribution in [0.3, 0.4) is 0 Å². The third-order valence-electron chi connectivity index (χ3n) is 5.52. The molecule has 0 amide bonds. The van der Waals surface area contributed by atoms with Crippen molar-refractivity contribution in [3.05, 3.63) is 42.7 Å². The van der Waals surface area contributed by atoms with E-state index in [1.807, 2.05) is 29.0 Å². The van der Waals surface area contributed by atoms with Gasteiger partial charge in [-0.05, 0) is 43.1 Å². The molecular formula is C20H23N5O. The number of likely N-dealkylation sites (N-methyl/N-ethyl adjacent to an activating group) is 1. The fourth-order valence-corrected chi connectivity index (χ4v) is 4.12. The number of hydrogen-bond acceptors (Lipinski definition) is 5. The average molecular weight is 349 g/mol. The van der Waals surface area contributed by atoms with Gasteiger partial charge in [0, 0.05) is 37.9 Å². The van der Waals surface area contributed by atoms with Crippen molar-refractivity contribution in [3.63, 3.8) is 0 Å². The van der Waals surface area contributed by atoms with Gasteiger partial charge in [-0.2, -0.15) is 5.10 Å². The van der Waals surface area contributed by atoms with Crippen molar-refractivity contribution < 1.29 is 4.74 Å². The van der Waals surface area contributed by atoms with Crippen molar-refractivity contribution in [1.29, 1.82) is 0 Å². The molecule has 3 aromatic rings. The van der Waals surface area contributed by atoms with Gasteiger partial charge < -0.3 is 9.64 Å². The lowest BCUT2D eigenvalue weighted by Gasteiger charge is -2.29. The number of anilines is 1. The summed E-state index contributed by atoms with van der Waals surface area (Å²) >= 11 is 0. The summed E-state index contributed by atoms with van der Waals surface area (Å²) in [5.41, 5.74) is 3.00. The Morgan fingerprint density at radius 1 is 1.19 bits per heavy atom. The number of ether oxygens (including phenoxy) is 1. The van der Waals surface area contributed by atoms with Crippen LogP contribution in [-0.4, -0.2) is 58.8 Å². The van der Waals surface area contributed by atoms with Gasteiger partial charge in [-0.3, -0.25) is 4.90 Å². The summed E-state index contributed by atoms with van der Waals surface area (Å²) in [6.07, 6.45) is 6.37. The largest absolute Gasteiger partial charge is 0.492 e. The van der Waals surface area contributed by atoms with Gasteiger partial charge in [-0.1, -0.05) is 12.1 Å². The molecule has 2 aliphatic rings. The van der Waals surface area contributed by atoms with Crippen LogP contribution in [-0.2, 0) is 0 Å². The second kappa shape index (κ2) is 6.29. The number of nitrogens with zero attached hydrogens (tertiary/aromatic N) is 5. The summed E-state index contributed by atoms with van der Waals surface area (Å²) < 4.78 is 7.89. The molecule has 4 heterocycles. The van der Waals surface area contributed by atoms with Gasteiger partial charge in [0.1, 0.15) is 18.2 Å². The van der Waals surface area contributed by atoms with Crippen molar-refractivity contribution in [1.82, 2.24) is 19.5 Å². The number of benzene rings is 1. The Balaban J connectivity index is 1.62. The van der Waals surface area contributed by atoms with Crippen molar-refractivity contribution >= 4 is 11.5 Å². The SMILES string of the molecule is CN1C[C@@H]2CCCN2CCOc2cccc(c2)-c2cnn3ccc1nc23. The van der Waals surface area contributed by atoms with Crippen LogP contribution in [0.4, 0.5) is 5.82 Å². The molecule has 1 aromatic carbocycles. The first kappa shape index (κ1) is 15.6. The molecule has 134 valence electrons. The lowest BCUT2D eigenvalue weighted by atomic mass is 10.1. The Hall–Kier alpha value is -2.60. The molecule has 6 nitrogen and oxygen atoms in total. The normalized spacial score (nSPS) is 20.8. The third-order valence-corrected chi connectivity index (χ3v) is 5.52. The molecule has 1 saturated heterocycles. The Bertz CT molecular complexity index is 937. The van der Waals surface area contributed by atoms with Gasteiger partial charge in [0.2, 0.25) is 0 Å². The Kier molecular flexibility index (Phi) is 3.78. The monoisotopic (exact) mass is 349 g/mol. The van der Waals surface area contributed by atoms with Gasteiger partial charge in [-0.15, -0.1) is 0 Å². The Labute approximate surface area is 153 Å². The standard InChI is InChI=1S/C20H23N5O/c1-23-14-16-5-3-8-24(16)10-11-26-17-6-2-4-15(12-17)18-13-21-25-9-7-19(23)22-20(18)25/h2,4,6-7,9,12-13,16H,3,5,8,10-11,14H2,1H3/t16-/m0/s1. The summed E-state index contributed by atoms with van der Waals surface area (Å²) in [5.74, 6) is 1.90. The zero-order chi connectivity index (χ0) is 17.5. The fraction of sp³-hybridized carbons (Fsp3) is 0.400. The minimum absolute atomic E-state index is 0.556. The van der Waals surface area contributed by atoms with E-state index >= 15 is 0 Å². The Morgan fingerprint density at radius 3 is 3.12 bits per heavy atom. The fourth-order valence-electron chi connectivity index (χ4n) is 4.12. The van der Waals surface area contributed by atoms with Crippen LogP contribution in [0.15, 0.2) is 42.7 Å². The van der Waals surface area contributed by atoms with E-state index in [1.54, 1.807) is 0 Å². The molecule has 26 heavy (non-hydrogen) atoms. The number of fused-ring (bicyclic) bond motifs is 5. The van der Waals surface area contributed by atoms with E-state index in [2.05, 4.69) is 40.1 Å². The van der Waals surface area contributed by atoms with E-state index in [1.165, 1.54) is 12.8 Å². The molecule has 0 saturated carbocycles. The summed E-state index contributed by atoms with van der Waals surface area (Å²) in [6, 6.07) is 10.8. The zero-order valence-electron chi connectivity index (χ0n) is 15.0. The molecule has 1 atom stereocenters. The van der Waals surface area contributed by atoms with Gasteiger partial charge >= 0.3 is 0 Å². The van der Waals surface area contributed by atoms with E-state index in [9.17, 15) is 0 Å². The maximum Gasteiger partial charge on any atom is 0.165 e. The highest BCUT2D eigenvalue weighted by Gasteiger charge is 2.26. The van der Waals surface area contributed by atoms with E-state index < -0.39 is 0 Å². The smallest absolute Gasteiger partial charge is 0.165 e. The maximum atomic E-state index is 6.05. The van der Waals surface area contributed by atoms with Crippen LogP contribution in [0.5, 0.6) is 5.75 Å². The quantitative estimate of drug-likeness (QED) is 0.624. The predicted molar refractivity (Wildman–Crippen MR) is 102 cm³/mol. The minimum atomic E-state index is 0.556. The average Bonchev–Trinajstić information content (AvgIpc) is 3.27. The van der Waals surface area contributed by atoms with E-state index in [0.29, 0.717) is 6.04 Å². The first-order chi connectivity index (χ1) is 12.8. The molecule has 1 fully saturated rings. The summed E-state index contributed by atoms with van der Waals surface area (Å²) in [4.78, 5) is 9.74. The summed E-state index contributed by atoms with van der Waals surface area (Å²) in [6.45, 7) is 3.82. The third kappa shape index (κ3) is 2.70. The molecule has 4 bridgehead atoms. The Morgan fingerprint density at radius 2 is 2.15 bits per heavy atom. The molecular weight excluding hydrogens is 326 g/mol. The maximum absolute atomic E-state index is 6.05. The number of aromatic nitrogens is 3. The van der Waals surface area contributed by atoms with Gasteiger partial charge in [0.15, 0.2) is 5.65 Å². The van der Waals surface area contributed by atoms with Crippen LogP contribution in [0.2, 0.25) is 0 Å². The van der Waals surface area contributed by atoms with Gasteiger partial charge in [-0.25, -0.2) is 9.50 Å². The second-order valence-corrected chi connectivity index (χ2v) is 7.20. The lowest BCUT2D eigenvalue weighted by Crippen LogP contribution is -2.41. The van der Waals surface area contributed by atoms with Crippen molar-refractivity contribution in [2.75, 3.05) is 38.2 Å². The number of rotatable bonds is 0. The zero-order valence-corrected chi connectivity index (χ0v) is 15.0. The first-order valence-electron chi connectivity index (χ1n) is 9.31. The predicted octanol–water partition coefficient (Wildman–Crippen LogP) is 2.69. The molecule has 0 aliphatic carbocycles. The van der Waals surface area contributed by atoms with E-state index in [0.717, 1.165) is 54.6 Å². The van der Waals surface area contributed by atoms with Crippen LogP contribution in [0.1, 0.15) is 12.8 Å². The van der Waals surface area contributed by atoms with E-state index in [-0.39, 0.29) is 0 Å². The molecule has 6 heteroatoms. The highest BCUT2D eigenvalue weighted by atomic mass is 16.5. The first-order valence-corrected chi connectivity index (χ1v) is 9.31. The minimum Gasteiger partial charge on any atom is -0.492 e. The molecule has 0 radical (unpaired) electrons. The van der Waals surface area contributed by atoms with Crippen LogP contribution >= 0.6 is 0 Å². The molecule has 0 spiro atoms. The van der Waals surface area contributed by atoms with Crippen LogP contribution in [0, 0.1) is 0 Å². The van der Waals surface area contributed by atoms with Gasteiger partial charge in [0.25, 0.3) is 0 Å². The molecule has 0 N–H and O–H groups in total. The van der Waals surface area contributed by atoms with Crippen LogP contribution in [0.25, 0.3) is 16.8 Å².